The number of piperidine rings is 1. The van der Waals surface area contributed by atoms with Gasteiger partial charge in [-0.25, -0.2) is 8.42 Å². The number of hydrogen-bond donors (Lipinski definition) is 2. The molecule has 0 bridgehead atoms. The Morgan fingerprint density at radius 1 is 1.15 bits per heavy atom. The second-order valence-electron chi connectivity index (χ2n) is 7.40. The molecule has 0 radical (unpaired) electrons. The number of nitrogens with zero attached hydrogens (tertiary/aromatic N) is 1. The minimum Gasteiger partial charge on any atom is -0.379 e. The van der Waals surface area contributed by atoms with Crippen LogP contribution < -0.4 is 10.6 Å². The van der Waals surface area contributed by atoms with Crippen LogP contribution in [-0.4, -0.2) is 69.6 Å². The van der Waals surface area contributed by atoms with E-state index >= 15 is 0 Å². The van der Waals surface area contributed by atoms with Crippen molar-refractivity contribution in [3.63, 3.8) is 0 Å². The lowest BCUT2D eigenvalue weighted by Crippen LogP contribution is -2.57. The van der Waals surface area contributed by atoms with Crippen LogP contribution in [0.25, 0.3) is 0 Å². The predicted octanol–water partition coefficient (Wildman–Crippen LogP) is 0.302. The maximum absolute atomic E-state index is 12.7. The van der Waals surface area contributed by atoms with Crippen molar-refractivity contribution >= 4 is 15.7 Å². The summed E-state index contributed by atoms with van der Waals surface area (Å²) in [4.78, 5) is 15.1. The summed E-state index contributed by atoms with van der Waals surface area (Å²) >= 11 is 0. The number of carbonyl (C=O) groups is 1. The molecular weight excluding hydrogens is 366 g/mol. The minimum absolute atomic E-state index is 0.316. The highest BCUT2D eigenvalue weighted by Crippen LogP contribution is 2.28. The molecule has 2 saturated heterocycles. The summed E-state index contributed by atoms with van der Waals surface area (Å²) in [5, 5.41) is 5.97. The highest BCUT2D eigenvalue weighted by Gasteiger charge is 2.48. The second-order valence-corrected chi connectivity index (χ2v) is 9.73. The van der Waals surface area contributed by atoms with E-state index in [-0.39, 0.29) is 5.91 Å². The van der Waals surface area contributed by atoms with Crippen molar-refractivity contribution in [2.75, 3.05) is 45.6 Å². The zero-order chi connectivity index (χ0) is 19.3. The normalized spacial score (nSPS) is 20.9. The summed E-state index contributed by atoms with van der Waals surface area (Å²) in [6.45, 7) is 5.75. The van der Waals surface area contributed by atoms with E-state index in [0.29, 0.717) is 32.5 Å². The predicted molar refractivity (Wildman–Crippen MR) is 104 cm³/mol. The fourth-order valence-electron chi connectivity index (χ4n) is 3.72. The van der Waals surface area contributed by atoms with Gasteiger partial charge in [-0.2, -0.15) is 0 Å². The fraction of sp³-hybridized carbons (Fsp3) is 0.632. The molecule has 1 amide bonds. The molecule has 2 fully saturated rings. The molecule has 8 heteroatoms. The van der Waals surface area contributed by atoms with Crippen molar-refractivity contribution in [3.8, 4) is 0 Å². The summed E-state index contributed by atoms with van der Waals surface area (Å²) in [7, 11) is -3.48. The average molecular weight is 396 g/mol. The molecule has 2 aliphatic heterocycles. The molecule has 150 valence electrons. The molecule has 2 aliphatic rings. The molecule has 0 saturated carbocycles. The molecule has 0 aliphatic carbocycles. The first-order valence-corrected chi connectivity index (χ1v) is 11.4. The fourth-order valence-corrected chi connectivity index (χ4v) is 5.07. The van der Waals surface area contributed by atoms with Crippen LogP contribution in [0, 0.1) is 0 Å². The van der Waals surface area contributed by atoms with Crippen LogP contribution in [0.1, 0.15) is 24.0 Å². The van der Waals surface area contributed by atoms with E-state index in [4.69, 9.17) is 4.74 Å². The molecule has 2 N–H and O–H groups in total. The number of amides is 1. The van der Waals surface area contributed by atoms with Gasteiger partial charge in [-0.3, -0.25) is 9.69 Å². The Kier molecular flexibility index (Phi) is 6.52. The van der Waals surface area contributed by atoms with Gasteiger partial charge in [0.25, 0.3) is 0 Å². The first-order chi connectivity index (χ1) is 12.9. The van der Waals surface area contributed by atoms with Gasteiger partial charge in [0, 0.05) is 32.4 Å². The van der Waals surface area contributed by atoms with Crippen LogP contribution in [0.4, 0.5) is 0 Å². The van der Waals surface area contributed by atoms with Gasteiger partial charge in [-0.15, -0.1) is 0 Å². The number of morpholine rings is 1. The summed E-state index contributed by atoms with van der Waals surface area (Å²) in [5.41, 5.74) is 2.18. The molecule has 0 spiro atoms. The van der Waals surface area contributed by atoms with Gasteiger partial charge < -0.3 is 15.4 Å². The highest BCUT2D eigenvalue weighted by molar-refractivity contribution is 7.92. The number of nitrogens with one attached hydrogen (secondary N) is 2. The molecule has 2 heterocycles. The Morgan fingerprint density at radius 2 is 1.74 bits per heavy atom. The molecule has 0 atom stereocenters. The zero-order valence-corrected chi connectivity index (χ0v) is 16.7. The summed E-state index contributed by atoms with van der Waals surface area (Å²) < 4.78 is 28.6. The SMILES string of the molecule is CS(=O)(=O)C1(C(=O)NCc2ccc(CN3CCOCC3)cc2)CCNCC1. The van der Waals surface area contributed by atoms with E-state index in [0.717, 1.165) is 38.4 Å². The van der Waals surface area contributed by atoms with Crippen LogP contribution in [0.2, 0.25) is 0 Å². The number of hydrogen-bond acceptors (Lipinski definition) is 6. The molecule has 7 nitrogen and oxygen atoms in total. The van der Waals surface area contributed by atoms with E-state index in [1.807, 2.05) is 12.1 Å². The van der Waals surface area contributed by atoms with Crippen molar-refractivity contribution < 1.29 is 17.9 Å². The van der Waals surface area contributed by atoms with E-state index in [2.05, 4.69) is 27.7 Å². The maximum Gasteiger partial charge on any atom is 0.241 e. The number of carbonyl (C=O) groups excluding carboxylic acids is 1. The Balaban J connectivity index is 1.58. The molecule has 3 rings (SSSR count). The number of benzene rings is 1. The zero-order valence-electron chi connectivity index (χ0n) is 15.9. The minimum atomic E-state index is -3.48. The molecule has 0 aromatic heterocycles. The number of rotatable bonds is 6. The number of sulfone groups is 1. The van der Waals surface area contributed by atoms with E-state index in [9.17, 15) is 13.2 Å². The second kappa shape index (κ2) is 8.68. The largest absolute Gasteiger partial charge is 0.379 e. The van der Waals surface area contributed by atoms with Crippen LogP contribution in [0.15, 0.2) is 24.3 Å². The molecule has 1 aromatic carbocycles. The Bertz CT molecular complexity index is 737. The van der Waals surface area contributed by atoms with E-state index in [1.54, 1.807) is 0 Å². The van der Waals surface area contributed by atoms with Gasteiger partial charge in [-0.1, -0.05) is 24.3 Å². The van der Waals surface area contributed by atoms with Crippen LogP contribution in [-0.2, 0) is 32.5 Å². The Morgan fingerprint density at radius 3 is 2.33 bits per heavy atom. The van der Waals surface area contributed by atoms with Crippen molar-refractivity contribution in [1.29, 1.82) is 0 Å². The average Bonchev–Trinajstić information content (AvgIpc) is 2.68. The van der Waals surface area contributed by atoms with Gasteiger partial charge in [0.05, 0.1) is 13.2 Å². The summed E-state index contributed by atoms with van der Waals surface area (Å²) in [5.74, 6) is -0.385. The standard InChI is InChI=1S/C19H29N3O4S/c1-27(24,25)19(6-8-20-9-7-19)18(23)21-14-16-2-4-17(5-3-16)15-22-10-12-26-13-11-22/h2-5,20H,6-15H2,1H3,(H,21,23). The van der Waals surface area contributed by atoms with Gasteiger partial charge in [0.15, 0.2) is 14.6 Å². The summed E-state index contributed by atoms with van der Waals surface area (Å²) in [6, 6.07) is 8.11. The Labute approximate surface area is 161 Å². The molecule has 27 heavy (non-hydrogen) atoms. The van der Waals surface area contributed by atoms with E-state index < -0.39 is 14.6 Å². The van der Waals surface area contributed by atoms with Crippen molar-refractivity contribution in [1.82, 2.24) is 15.5 Å². The van der Waals surface area contributed by atoms with Crippen molar-refractivity contribution in [3.05, 3.63) is 35.4 Å². The lowest BCUT2D eigenvalue weighted by Gasteiger charge is -2.34. The van der Waals surface area contributed by atoms with Crippen molar-refractivity contribution in [2.24, 2.45) is 0 Å². The first kappa shape index (κ1) is 20.3. The van der Waals surface area contributed by atoms with Crippen molar-refractivity contribution in [2.45, 2.75) is 30.7 Å². The highest BCUT2D eigenvalue weighted by atomic mass is 32.2. The summed E-state index contributed by atoms with van der Waals surface area (Å²) in [6.07, 6.45) is 1.80. The van der Waals surface area contributed by atoms with Gasteiger partial charge >= 0.3 is 0 Å². The van der Waals surface area contributed by atoms with E-state index in [1.165, 1.54) is 11.8 Å². The quantitative estimate of drug-likeness (QED) is 0.721. The smallest absolute Gasteiger partial charge is 0.241 e. The van der Waals surface area contributed by atoms with Gasteiger partial charge in [0.2, 0.25) is 5.91 Å². The van der Waals surface area contributed by atoms with Gasteiger partial charge in [-0.05, 0) is 37.1 Å². The van der Waals surface area contributed by atoms with Crippen LogP contribution in [0.3, 0.4) is 0 Å². The van der Waals surface area contributed by atoms with Crippen LogP contribution >= 0.6 is 0 Å². The monoisotopic (exact) mass is 395 g/mol. The lowest BCUT2D eigenvalue weighted by molar-refractivity contribution is -0.124. The van der Waals surface area contributed by atoms with Crippen LogP contribution in [0.5, 0.6) is 0 Å². The first-order valence-electron chi connectivity index (χ1n) is 9.47. The Hall–Kier alpha value is -1.48. The third-order valence-electron chi connectivity index (χ3n) is 5.52. The molecular formula is C19H29N3O4S. The number of ether oxygens (including phenoxy) is 1. The maximum atomic E-state index is 12.7. The molecule has 0 unspecified atom stereocenters. The topological polar surface area (TPSA) is 87.7 Å². The van der Waals surface area contributed by atoms with Gasteiger partial charge in [0.1, 0.15) is 0 Å². The molecule has 1 aromatic rings. The lowest BCUT2D eigenvalue weighted by atomic mass is 9.95. The third kappa shape index (κ3) is 4.87. The third-order valence-corrected chi connectivity index (χ3v) is 7.53.